The molecule has 0 saturated carbocycles. The molecule has 0 saturated heterocycles. The van der Waals surface area contributed by atoms with Crippen molar-refractivity contribution in [1.82, 2.24) is 4.98 Å². The Morgan fingerprint density at radius 2 is 1.86 bits per heavy atom. The summed E-state index contributed by atoms with van der Waals surface area (Å²) in [6, 6.07) is 7.73. The molecule has 0 aliphatic heterocycles. The monoisotopic (exact) mass is 320 g/mol. The summed E-state index contributed by atoms with van der Waals surface area (Å²) < 4.78 is 0. The van der Waals surface area contributed by atoms with Crippen LogP contribution in [0.3, 0.4) is 0 Å². The quantitative estimate of drug-likeness (QED) is 0.793. The van der Waals surface area contributed by atoms with Crippen molar-refractivity contribution < 1.29 is 4.79 Å². The fourth-order valence-corrected chi connectivity index (χ4v) is 1.94. The minimum Gasteiger partial charge on any atom is -0.388 e. The van der Waals surface area contributed by atoms with Gasteiger partial charge in [0.2, 0.25) is 0 Å². The summed E-state index contributed by atoms with van der Waals surface area (Å²) in [5.74, 6) is 0. The van der Waals surface area contributed by atoms with E-state index in [0.717, 1.165) is 29.0 Å². The fourth-order valence-electron chi connectivity index (χ4n) is 1.65. The van der Waals surface area contributed by atoms with Crippen LogP contribution in [-0.2, 0) is 6.42 Å². The Bertz CT molecular complexity index is 551. The molecule has 0 spiro atoms. The van der Waals surface area contributed by atoms with Gasteiger partial charge in [0.05, 0.1) is 0 Å². The second-order valence-corrected chi connectivity index (χ2v) is 4.80. The molecule has 0 unspecified atom stereocenters. The number of aldehydes is 1. The summed E-state index contributed by atoms with van der Waals surface area (Å²) in [6.07, 6.45) is 5.07. The van der Waals surface area contributed by atoms with Gasteiger partial charge < -0.3 is 5.32 Å². The molecule has 22 heavy (non-hydrogen) atoms. The normalized spacial score (nSPS) is 8.82. The SMILES string of the molecule is CC.CCc1cncc(C=O)c1.CNc1cc(C)cc(Cl)c1. The number of halogens is 1. The summed E-state index contributed by atoms with van der Waals surface area (Å²) in [5.41, 5.74) is 3.99. The first kappa shape index (κ1) is 20.1. The largest absolute Gasteiger partial charge is 0.388 e. The number of pyridine rings is 1. The first-order chi connectivity index (χ1) is 10.6. The highest BCUT2D eigenvalue weighted by Crippen LogP contribution is 2.17. The molecular formula is C18H25ClN2O. The molecule has 3 nitrogen and oxygen atoms in total. The topological polar surface area (TPSA) is 42.0 Å². The van der Waals surface area contributed by atoms with Crippen LogP contribution in [0.25, 0.3) is 0 Å². The Balaban J connectivity index is 0.000000360. The molecule has 120 valence electrons. The number of aromatic nitrogens is 1. The number of nitrogens with one attached hydrogen (secondary N) is 1. The van der Waals surface area contributed by atoms with Crippen LogP contribution >= 0.6 is 11.6 Å². The molecular weight excluding hydrogens is 296 g/mol. The van der Waals surface area contributed by atoms with Crippen molar-refractivity contribution in [2.75, 3.05) is 12.4 Å². The van der Waals surface area contributed by atoms with Crippen molar-refractivity contribution in [2.24, 2.45) is 0 Å². The van der Waals surface area contributed by atoms with Gasteiger partial charge in [-0.1, -0.05) is 32.4 Å². The van der Waals surface area contributed by atoms with Crippen LogP contribution in [0.15, 0.2) is 36.7 Å². The number of hydrogen-bond acceptors (Lipinski definition) is 3. The maximum atomic E-state index is 10.2. The highest BCUT2D eigenvalue weighted by Gasteiger charge is 1.92. The Kier molecular flexibility index (Phi) is 10.8. The lowest BCUT2D eigenvalue weighted by atomic mass is 10.2. The third-order valence-electron chi connectivity index (χ3n) is 2.69. The van der Waals surface area contributed by atoms with Crippen LogP contribution < -0.4 is 5.32 Å². The standard InChI is InChI=1S/C8H10ClN.C8H9NO.C2H6/c1-6-3-7(9)5-8(4-6)10-2;1-2-7-3-8(6-10)5-9-4-7;1-2/h3-5,10H,1-2H3;3-6H,2H2,1H3;1-2H3. The molecule has 0 amide bonds. The lowest BCUT2D eigenvalue weighted by Crippen LogP contribution is -1.87. The van der Waals surface area contributed by atoms with E-state index in [1.165, 1.54) is 5.56 Å². The summed E-state index contributed by atoms with van der Waals surface area (Å²) in [7, 11) is 1.88. The molecule has 0 bridgehead atoms. The van der Waals surface area contributed by atoms with E-state index in [1.54, 1.807) is 12.4 Å². The van der Waals surface area contributed by atoms with Crippen LogP contribution in [0.5, 0.6) is 0 Å². The first-order valence-electron chi connectivity index (χ1n) is 7.43. The van der Waals surface area contributed by atoms with Gasteiger partial charge in [0.15, 0.2) is 6.29 Å². The highest BCUT2D eigenvalue weighted by atomic mass is 35.5. The minimum absolute atomic E-state index is 0.652. The summed E-state index contributed by atoms with van der Waals surface area (Å²) in [4.78, 5) is 14.1. The molecule has 1 N–H and O–H groups in total. The number of carbonyl (C=O) groups excluding carboxylic acids is 1. The van der Waals surface area contributed by atoms with Gasteiger partial charge in [-0.25, -0.2) is 0 Å². The first-order valence-corrected chi connectivity index (χ1v) is 7.81. The van der Waals surface area contributed by atoms with Gasteiger partial charge in [-0.05, 0) is 48.7 Å². The molecule has 1 aromatic heterocycles. The average molecular weight is 321 g/mol. The third kappa shape index (κ3) is 7.79. The number of benzene rings is 1. The zero-order valence-corrected chi connectivity index (χ0v) is 14.7. The van der Waals surface area contributed by atoms with Crippen LogP contribution in [0.1, 0.15) is 42.3 Å². The van der Waals surface area contributed by atoms with Crippen molar-refractivity contribution in [3.63, 3.8) is 0 Å². The molecule has 1 heterocycles. The van der Waals surface area contributed by atoms with E-state index >= 15 is 0 Å². The van der Waals surface area contributed by atoms with E-state index in [1.807, 2.05) is 59.0 Å². The molecule has 0 radical (unpaired) electrons. The molecule has 2 aromatic rings. The smallest absolute Gasteiger partial charge is 0.151 e. The van der Waals surface area contributed by atoms with Gasteiger partial charge >= 0.3 is 0 Å². The second kappa shape index (κ2) is 11.8. The van der Waals surface area contributed by atoms with Crippen LogP contribution in [-0.4, -0.2) is 18.3 Å². The molecule has 0 aliphatic rings. The maximum absolute atomic E-state index is 10.2. The van der Waals surface area contributed by atoms with E-state index in [-0.39, 0.29) is 0 Å². The Morgan fingerprint density at radius 3 is 2.36 bits per heavy atom. The van der Waals surface area contributed by atoms with Gasteiger partial charge in [-0.15, -0.1) is 0 Å². The number of aryl methyl sites for hydroxylation is 2. The summed E-state index contributed by atoms with van der Waals surface area (Å²) in [5, 5.41) is 3.81. The zero-order chi connectivity index (χ0) is 17.0. The number of anilines is 1. The second-order valence-electron chi connectivity index (χ2n) is 4.37. The molecule has 1 aromatic carbocycles. The van der Waals surface area contributed by atoms with E-state index in [4.69, 9.17) is 11.6 Å². The van der Waals surface area contributed by atoms with Gasteiger partial charge in [0, 0.05) is 35.7 Å². The Morgan fingerprint density at radius 1 is 1.18 bits per heavy atom. The van der Waals surface area contributed by atoms with Crippen LogP contribution in [0, 0.1) is 6.92 Å². The van der Waals surface area contributed by atoms with Gasteiger partial charge in [-0.3, -0.25) is 9.78 Å². The van der Waals surface area contributed by atoms with E-state index in [9.17, 15) is 4.79 Å². The lowest BCUT2D eigenvalue weighted by Gasteiger charge is -2.01. The number of hydrogen-bond donors (Lipinski definition) is 1. The van der Waals surface area contributed by atoms with Crippen LogP contribution in [0.4, 0.5) is 5.69 Å². The van der Waals surface area contributed by atoms with E-state index in [2.05, 4.69) is 10.3 Å². The Hall–Kier alpha value is -1.87. The van der Waals surface area contributed by atoms with Gasteiger partial charge in [-0.2, -0.15) is 0 Å². The van der Waals surface area contributed by atoms with Gasteiger partial charge in [0.1, 0.15) is 0 Å². The molecule has 4 heteroatoms. The molecule has 0 atom stereocenters. The fraction of sp³-hybridized carbons (Fsp3) is 0.333. The lowest BCUT2D eigenvalue weighted by molar-refractivity contribution is 0.112. The van der Waals surface area contributed by atoms with Crippen molar-refractivity contribution >= 4 is 23.6 Å². The maximum Gasteiger partial charge on any atom is 0.151 e. The predicted octanol–water partition coefficient (Wildman–Crippen LogP) is 5.17. The van der Waals surface area contributed by atoms with E-state index < -0.39 is 0 Å². The predicted molar refractivity (Wildman–Crippen MR) is 96.1 cm³/mol. The summed E-state index contributed by atoms with van der Waals surface area (Å²) in [6.45, 7) is 8.05. The molecule has 0 fully saturated rings. The van der Waals surface area contributed by atoms with Gasteiger partial charge in [0.25, 0.3) is 0 Å². The van der Waals surface area contributed by atoms with Crippen molar-refractivity contribution in [1.29, 1.82) is 0 Å². The number of nitrogens with zero attached hydrogens (tertiary/aromatic N) is 1. The minimum atomic E-state index is 0.652. The van der Waals surface area contributed by atoms with Crippen molar-refractivity contribution in [3.8, 4) is 0 Å². The third-order valence-corrected chi connectivity index (χ3v) is 2.91. The Labute approximate surface area is 138 Å². The highest BCUT2D eigenvalue weighted by molar-refractivity contribution is 6.30. The summed E-state index contributed by atoms with van der Waals surface area (Å²) >= 11 is 5.79. The van der Waals surface area contributed by atoms with Crippen LogP contribution in [0.2, 0.25) is 5.02 Å². The molecule has 0 aliphatic carbocycles. The number of rotatable bonds is 3. The van der Waals surface area contributed by atoms with Crippen molar-refractivity contribution in [3.05, 3.63) is 58.4 Å². The van der Waals surface area contributed by atoms with Crippen molar-refractivity contribution in [2.45, 2.75) is 34.1 Å². The number of carbonyl (C=O) groups is 1. The van der Waals surface area contributed by atoms with E-state index in [0.29, 0.717) is 5.56 Å². The molecule has 2 rings (SSSR count). The zero-order valence-electron chi connectivity index (χ0n) is 14.0. The average Bonchev–Trinajstić information content (AvgIpc) is 2.56.